The molecule has 156 valence electrons. The van der Waals surface area contributed by atoms with Crippen molar-refractivity contribution in [2.24, 2.45) is 0 Å². The lowest BCUT2D eigenvalue weighted by Crippen LogP contribution is -2.29. The molecule has 2 aromatic carbocycles. The molecule has 0 aliphatic carbocycles. The van der Waals surface area contributed by atoms with Crippen molar-refractivity contribution in [3.05, 3.63) is 64.7 Å². The highest BCUT2D eigenvalue weighted by atomic mass is 32.2. The maximum absolute atomic E-state index is 12.8. The first-order chi connectivity index (χ1) is 13.6. The number of nitrogens with one attached hydrogen (secondary N) is 1. The van der Waals surface area contributed by atoms with E-state index in [0.717, 1.165) is 25.0 Å². The van der Waals surface area contributed by atoms with Gasteiger partial charge in [0.1, 0.15) is 0 Å². The molecule has 0 bridgehead atoms. The SMILES string of the molecule is Cc1ccc(C(=O)NCc2cccc(C(F)(F)F)c2)cc1S(=O)(=O)N1CCCC1. The van der Waals surface area contributed by atoms with Crippen LogP contribution in [0.15, 0.2) is 47.4 Å². The minimum Gasteiger partial charge on any atom is -0.348 e. The van der Waals surface area contributed by atoms with Crippen molar-refractivity contribution in [2.45, 2.75) is 37.4 Å². The smallest absolute Gasteiger partial charge is 0.348 e. The number of hydrogen-bond acceptors (Lipinski definition) is 3. The number of benzene rings is 2. The van der Waals surface area contributed by atoms with E-state index in [9.17, 15) is 26.4 Å². The first kappa shape index (κ1) is 21.3. The van der Waals surface area contributed by atoms with E-state index >= 15 is 0 Å². The summed E-state index contributed by atoms with van der Waals surface area (Å²) in [6.45, 7) is 2.46. The first-order valence-corrected chi connectivity index (χ1v) is 10.6. The number of hydrogen-bond donors (Lipinski definition) is 1. The van der Waals surface area contributed by atoms with Crippen LogP contribution in [0, 0.1) is 6.92 Å². The summed E-state index contributed by atoms with van der Waals surface area (Å²) >= 11 is 0. The van der Waals surface area contributed by atoms with Gasteiger partial charge in [0.15, 0.2) is 0 Å². The van der Waals surface area contributed by atoms with Gasteiger partial charge in [-0.3, -0.25) is 4.79 Å². The van der Waals surface area contributed by atoms with E-state index in [2.05, 4.69) is 5.32 Å². The molecule has 1 saturated heterocycles. The van der Waals surface area contributed by atoms with Crippen molar-refractivity contribution in [2.75, 3.05) is 13.1 Å². The highest BCUT2D eigenvalue weighted by molar-refractivity contribution is 7.89. The molecule has 1 aliphatic rings. The molecule has 0 saturated carbocycles. The number of nitrogens with zero attached hydrogens (tertiary/aromatic N) is 1. The Morgan fingerprint density at radius 1 is 1.10 bits per heavy atom. The molecule has 1 aliphatic heterocycles. The number of rotatable bonds is 5. The lowest BCUT2D eigenvalue weighted by molar-refractivity contribution is -0.137. The summed E-state index contributed by atoms with van der Waals surface area (Å²) in [6, 6.07) is 9.07. The maximum Gasteiger partial charge on any atom is 0.416 e. The zero-order chi connectivity index (χ0) is 21.2. The fourth-order valence-corrected chi connectivity index (χ4v) is 5.00. The summed E-state index contributed by atoms with van der Waals surface area (Å²) < 4.78 is 65.5. The molecule has 1 N–H and O–H groups in total. The van der Waals surface area contributed by atoms with Gasteiger partial charge in [-0.1, -0.05) is 18.2 Å². The van der Waals surface area contributed by atoms with Gasteiger partial charge in [0, 0.05) is 25.2 Å². The van der Waals surface area contributed by atoms with Crippen molar-refractivity contribution in [3.8, 4) is 0 Å². The van der Waals surface area contributed by atoms with E-state index in [1.54, 1.807) is 13.0 Å². The van der Waals surface area contributed by atoms with Crippen LogP contribution in [0.4, 0.5) is 13.2 Å². The van der Waals surface area contributed by atoms with E-state index < -0.39 is 27.7 Å². The van der Waals surface area contributed by atoms with Crippen LogP contribution < -0.4 is 5.32 Å². The normalized spacial score (nSPS) is 15.4. The summed E-state index contributed by atoms with van der Waals surface area (Å²) in [5.74, 6) is -0.555. The molecule has 1 fully saturated rings. The van der Waals surface area contributed by atoms with Gasteiger partial charge in [-0.15, -0.1) is 0 Å². The summed E-state index contributed by atoms with van der Waals surface area (Å²) in [5.41, 5.74) is 0.176. The van der Waals surface area contributed by atoms with Crippen molar-refractivity contribution >= 4 is 15.9 Å². The van der Waals surface area contributed by atoms with Gasteiger partial charge in [0.05, 0.1) is 10.5 Å². The fraction of sp³-hybridized carbons (Fsp3) is 0.350. The van der Waals surface area contributed by atoms with Crippen LogP contribution in [0.25, 0.3) is 0 Å². The zero-order valence-corrected chi connectivity index (χ0v) is 16.6. The lowest BCUT2D eigenvalue weighted by atomic mass is 10.1. The highest BCUT2D eigenvalue weighted by Gasteiger charge is 2.31. The lowest BCUT2D eigenvalue weighted by Gasteiger charge is -2.18. The predicted molar refractivity (Wildman–Crippen MR) is 102 cm³/mol. The van der Waals surface area contributed by atoms with E-state index in [4.69, 9.17) is 0 Å². The van der Waals surface area contributed by atoms with Crippen LogP contribution in [0.5, 0.6) is 0 Å². The molecule has 3 rings (SSSR count). The van der Waals surface area contributed by atoms with Crippen molar-refractivity contribution < 1.29 is 26.4 Å². The topological polar surface area (TPSA) is 66.5 Å². The van der Waals surface area contributed by atoms with Gasteiger partial charge >= 0.3 is 6.18 Å². The first-order valence-electron chi connectivity index (χ1n) is 9.14. The van der Waals surface area contributed by atoms with Gasteiger partial charge in [-0.25, -0.2) is 8.42 Å². The summed E-state index contributed by atoms with van der Waals surface area (Å²) in [5, 5.41) is 2.55. The second kappa shape index (κ2) is 8.16. The third-order valence-electron chi connectivity index (χ3n) is 4.84. The van der Waals surface area contributed by atoms with Gasteiger partial charge in [-0.2, -0.15) is 17.5 Å². The Balaban J connectivity index is 1.77. The van der Waals surface area contributed by atoms with Gasteiger partial charge in [0.25, 0.3) is 5.91 Å². The minimum atomic E-state index is -4.46. The number of carbonyl (C=O) groups is 1. The molecule has 0 radical (unpaired) electrons. The van der Waals surface area contributed by atoms with E-state index in [1.807, 2.05) is 0 Å². The Bertz CT molecular complexity index is 1010. The van der Waals surface area contributed by atoms with Crippen LogP contribution >= 0.6 is 0 Å². The summed E-state index contributed by atoms with van der Waals surface area (Å²) in [4.78, 5) is 12.5. The Labute approximate surface area is 167 Å². The number of halogens is 3. The predicted octanol–water partition coefficient (Wildman–Crippen LogP) is 3.73. The Morgan fingerprint density at radius 2 is 1.79 bits per heavy atom. The number of alkyl halides is 3. The number of sulfonamides is 1. The molecule has 1 heterocycles. The zero-order valence-electron chi connectivity index (χ0n) is 15.8. The number of amides is 1. The van der Waals surface area contributed by atoms with Crippen molar-refractivity contribution in [1.82, 2.24) is 9.62 Å². The third kappa shape index (κ3) is 4.79. The van der Waals surface area contributed by atoms with E-state index in [0.29, 0.717) is 24.2 Å². The molecule has 2 aromatic rings. The van der Waals surface area contributed by atoms with E-state index in [-0.39, 0.29) is 17.0 Å². The molecule has 29 heavy (non-hydrogen) atoms. The fourth-order valence-electron chi connectivity index (χ4n) is 3.23. The average molecular weight is 426 g/mol. The van der Waals surface area contributed by atoms with E-state index in [1.165, 1.54) is 28.6 Å². The number of carbonyl (C=O) groups excluding carboxylic acids is 1. The quantitative estimate of drug-likeness (QED) is 0.792. The minimum absolute atomic E-state index is 0.0751. The summed E-state index contributed by atoms with van der Waals surface area (Å²) in [6.07, 6.45) is -2.86. The Morgan fingerprint density at radius 3 is 2.45 bits per heavy atom. The van der Waals surface area contributed by atoms with Crippen LogP contribution in [0.2, 0.25) is 0 Å². The van der Waals surface area contributed by atoms with Gasteiger partial charge < -0.3 is 5.32 Å². The molecule has 9 heteroatoms. The van der Waals surface area contributed by atoms with Crippen LogP contribution in [0.3, 0.4) is 0 Å². The third-order valence-corrected chi connectivity index (χ3v) is 6.88. The van der Waals surface area contributed by atoms with Crippen molar-refractivity contribution in [1.29, 1.82) is 0 Å². The Hall–Kier alpha value is -2.39. The highest BCUT2D eigenvalue weighted by Crippen LogP contribution is 2.29. The monoisotopic (exact) mass is 426 g/mol. The van der Waals surface area contributed by atoms with Crippen LogP contribution in [-0.2, 0) is 22.7 Å². The second-order valence-corrected chi connectivity index (χ2v) is 8.88. The molecule has 1 amide bonds. The molecular formula is C20H21F3N2O3S. The molecule has 0 spiro atoms. The number of aryl methyl sites for hydroxylation is 1. The van der Waals surface area contributed by atoms with Crippen LogP contribution in [-0.4, -0.2) is 31.7 Å². The largest absolute Gasteiger partial charge is 0.416 e. The van der Waals surface area contributed by atoms with Crippen LogP contribution in [0.1, 0.15) is 39.9 Å². The average Bonchev–Trinajstić information content (AvgIpc) is 3.21. The molecule has 0 atom stereocenters. The molecule has 5 nitrogen and oxygen atoms in total. The second-order valence-electron chi connectivity index (χ2n) is 6.97. The van der Waals surface area contributed by atoms with Crippen molar-refractivity contribution in [3.63, 3.8) is 0 Å². The maximum atomic E-state index is 12.8. The Kier molecular flexibility index (Phi) is 6.00. The molecule has 0 aromatic heterocycles. The molecular weight excluding hydrogens is 405 g/mol. The van der Waals surface area contributed by atoms with Gasteiger partial charge in [-0.05, 0) is 55.2 Å². The summed E-state index contributed by atoms with van der Waals surface area (Å²) in [7, 11) is -3.69. The standard InChI is InChI=1S/C20H21F3N2O3S/c1-14-7-8-16(12-18(14)29(27,28)25-9-2-3-10-25)19(26)24-13-15-5-4-6-17(11-15)20(21,22)23/h4-8,11-12H,2-3,9-10,13H2,1H3,(H,24,26). The van der Waals surface area contributed by atoms with Gasteiger partial charge in [0.2, 0.25) is 10.0 Å². The molecule has 0 unspecified atom stereocenters.